The maximum Gasteiger partial charge on any atom is 0.307 e. The Morgan fingerprint density at radius 2 is 2.00 bits per heavy atom. The van der Waals surface area contributed by atoms with E-state index in [1.807, 2.05) is 0 Å². The Morgan fingerprint density at radius 3 is 2.70 bits per heavy atom. The van der Waals surface area contributed by atoms with Gasteiger partial charge in [0.25, 0.3) is 5.91 Å². The lowest BCUT2D eigenvalue weighted by Crippen LogP contribution is -2.46. The largest absolute Gasteiger partial charge is 0.484 e. The first-order valence-electron chi connectivity index (χ1n) is 7.93. The molecule has 1 fully saturated rings. The minimum absolute atomic E-state index is 0.120. The van der Waals surface area contributed by atoms with Crippen LogP contribution in [-0.4, -0.2) is 42.6 Å². The van der Waals surface area contributed by atoms with Crippen LogP contribution in [0.2, 0.25) is 0 Å². The highest BCUT2D eigenvalue weighted by atomic mass is 19.1. The van der Waals surface area contributed by atoms with Crippen molar-refractivity contribution in [3.05, 3.63) is 30.1 Å². The number of nitrogens with zero attached hydrogens (tertiary/aromatic N) is 1. The van der Waals surface area contributed by atoms with Gasteiger partial charge in [-0.3, -0.25) is 9.59 Å². The Bertz CT molecular complexity index is 532. The number of rotatable bonds is 6. The number of hydrogen-bond acceptors (Lipinski definition) is 4. The molecule has 0 bridgehead atoms. The van der Waals surface area contributed by atoms with Gasteiger partial charge in [0, 0.05) is 12.6 Å². The number of esters is 1. The summed E-state index contributed by atoms with van der Waals surface area (Å²) < 4.78 is 23.2. The first-order valence-corrected chi connectivity index (χ1v) is 7.93. The molecule has 1 unspecified atom stereocenters. The molecule has 6 heteroatoms. The van der Waals surface area contributed by atoms with Crippen molar-refractivity contribution < 1.29 is 23.5 Å². The molecule has 0 aromatic heterocycles. The lowest BCUT2D eigenvalue weighted by molar-refractivity contribution is -0.147. The Kier molecular flexibility index (Phi) is 6.38. The standard InChI is InChI=1S/C17H22FNO4/c1-2-22-17(21)11-14-5-3-4-10-19(14)16(20)12-23-15-8-6-13(18)7-9-15/h6-9,14H,2-5,10-12H2,1H3. The highest BCUT2D eigenvalue weighted by Crippen LogP contribution is 2.21. The predicted molar refractivity (Wildman–Crippen MR) is 82.5 cm³/mol. The molecule has 0 spiro atoms. The van der Waals surface area contributed by atoms with Gasteiger partial charge in [0.05, 0.1) is 13.0 Å². The molecule has 0 aliphatic carbocycles. The van der Waals surface area contributed by atoms with Gasteiger partial charge in [0.15, 0.2) is 6.61 Å². The van der Waals surface area contributed by atoms with E-state index >= 15 is 0 Å². The van der Waals surface area contributed by atoms with Crippen LogP contribution in [0.15, 0.2) is 24.3 Å². The number of amides is 1. The normalized spacial score (nSPS) is 17.7. The minimum atomic E-state index is -0.353. The van der Waals surface area contributed by atoms with E-state index in [0.717, 1.165) is 19.3 Å². The molecule has 1 aromatic carbocycles. The second kappa shape index (κ2) is 8.50. The summed E-state index contributed by atoms with van der Waals surface area (Å²) >= 11 is 0. The van der Waals surface area contributed by atoms with Gasteiger partial charge in [-0.15, -0.1) is 0 Å². The van der Waals surface area contributed by atoms with E-state index in [-0.39, 0.29) is 36.8 Å². The smallest absolute Gasteiger partial charge is 0.307 e. The van der Waals surface area contributed by atoms with Crippen molar-refractivity contribution in [3.8, 4) is 5.75 Å². The molecule has 126 valence electrons. The molecule has 1 atom stereocenters. The molecule has 1 saturated heterocycles. The molecule has 23 heavy (non-hydrogen) atoms. The van der Waals surface area contributed by atoms with E-state index in [1.165, 1.54) is 24.3 Å². The van der Waals surface area contributed by atoms with E-state index in [1.54, 1.807) is 11.8 Å². The van der Waals surface area contributed by atoms with E-state index in [2.05, 4.69) is 0 Å². The van der Waals surface area contributed by atoms with Crippen molar-refractivity contribution in [3.63, 3.8) is 0 Å². The van der Waals surface area contributed by atoms with E-state index in [4.69, 9.17) is 9.47 Å². The van der Waals surface area contributed by atoms with Crippen LogP contribution >= 0.6 is 0 Å². The minimum Gasteiger partial charge on any atom is -0.484 e. The van der Waals surface area contributed by atoms with Gasteiger partial charge < -0.3 is 14.4 Å². The lowest BCUT2D eigenvalue weighted by Gasteiger charge is -2.35. The quantitative estimate of drug-likeness (QED) is 0.755. The molecule has 1 aliphatic heterocycles. The van der Waals surface area contributed by atoms with Crippen LogP contribution in [0.5, 0.6) is 5.75 Å². The maximum absolute atomic E-state index is 12.8. The van der Waals surface area contributed by atoms with Gasteiger partial charge >= 0.3 is 5.97 Å². The number of piperidine rings is 1. The topological polar surface area (TPSA) is 55.8 Å². The molecular weight excluding hydrogens is 301 g/mol. The fraction of sp³-hybridized carbons (Fsp3) is 0.529. The zero-order chi connectivity index (χ0) is 16.7. The molecule has 1 aliphatic rings. The molecule has 2 rings (SSSR count). The zero-order valence-electron chi connectivity index (χ0n) is 13.3. The Morgan fingerprint density at radius 1 is 1.26 bits per heavy atom. The van der Waals surface area contributed by atoms with E-state index in [9.17, 15) is 14.0 Å². The van der Waals surface area contributed by atoms with Crippen LogP contribution < -0.4 is 4.74 Å². The number of ether oxygens (including phenoxy) is 2. The highest BCUT2D eigenvalue weighted by Gasteiger charge is 2.29. The van der Waals surface area contributed by atoms with Crippen molar-refractivity contribution in [1.82, 2.24) is 4.90 Å². The monoisotopic (exact) mass is 323 g/mol. The third-order valence-electron chi connectivity index (χ3n) is 3.83. The molecule has 0 radical (unpaired) electrons. The number of benzene rings is 1. The molecule has 1 heterocycles. The second-order valence-electron chi connectivity index (χ2n) is 5.49. The van der Waals surface area contributed by atoms with Crippen molar-refractivity contribution in [2.75, 3.05) is 19.8 Å². The summed E-state index contributed by atoms with van der Waals surface area (Å²) in [6.07, 6.45) is 2.92. The summed E-state index contributed by atoms with van der Waals surface area (Å²) in [7, 11) is 0. The van der Waals surface area contributed by atoms with Crippen LogP contribution in [0.25, 0.3) is 0 Å². The Balaban J connectivity index is 1.89. The fourth-order valence-electron chi connectivity index (χ4n) is 2.71. The molecule has 5 nitrogen and oxygen atoms in total. The average Bonchev–Trinajstić information content (AvgIpc) is 2.55. The summed E-state index contributed by atoms with van der Waals surface area (Å²) in [5.41, 5.74) is 0. The van der Waals surface area contributed by atoms with Gasteiger partial charge in [-0.1, -0.05) is 0 Å². The molecule has 0 saturated carbocycles. The highest BCUT2D eigenvalue weighted by molar-refractivity contribution is 5.79. The number of carbonyl (C=O) groups excluding carboxylic acids is 2. The van der Waals surface area contributed by atoms with Crippen molar-refractivity contribution in [2.24, 2.45) is 0 Å². The molecule has 1 amide bonds. The Hall–Kier alpha value is -2.11. The third kappa shape index (κ3) is 5.23. The second-order valence-corrected chi connectivity index (χ2v) is 5.49. The number of carbonyl (C=O) groups is 2. The third-order valence-corrected chi connectivity index (χ3v) is 3.83. The van der Waals surface area contributed by atoms with Crippen molar-refractivity contribution >= 4 is 11.9 Å². The number of hydrogen-bond donors (Lipinski definition) is 0. The van der Waals surface area contributed by atoms with Crippen molar-refractivity contribution in [1.29, 1.82) is 0 Å². The van der Waals surface area contributed by atoms with Crippen molar-refractivity contribution in [2.45, 2.75) is 38.6 Å². The fourth-order valence-corrected chi connectivity index (χ4v) is 2.71. The van der Waals surface area contributed by atoms with Gasteiger partial charge in [0.1, 0.15) is 11.6 Å². The first kappa shape index (κ1) is 17.2. The predicted octanol–water partition coefficient (Wildman–Crippen LogP) is 2.54. The molecule has 0 N–H and O–H groups in total. The SMILES string of the molecule is CCOC(=O)CC1CCCCN1C(=O)COc1ccc(F)cc1. The number of halogens is 1. The lowest BCUT2D eigenvalue weighted by atomic mass is 9.99. The molecular formula is C17H22FNO4. The van der Waals surface area contributed by atoms with Crippen LogP contribution in [0, 0.1) is 5.82 Å². The maximum atomic E-state index is 12.8. The van der Waals surface area contributed by atoms with Crippen LogP contribution in [0.1, 0.15) is 32.6 Å². The van der Waals surface area contributed by atoms with Crippen LogP contribution in [0.3, 0.4) is 0 Å². The van der Waals surface area contributed by atoms with Gasteiger partial charge in [0.2, 0.25) is 0 Å². The van der Waals surface area contributed by atoms with Gasteiger partial charge in [-0.2, -0.15) is 0 Å². The summed E-state index contributed by atoms with van der Waals surface area (Å²) in [6.45, 7) is 2.60. The van der Waals surface area contributed by atoms with Gasteiger partial charge in [-0.25, -0.2) is 4.39 Å². The summed E-state index contributed by atoms with van der Waals surface area (Å²) in [5, 5.41) is 0. The summed E-state index contributed by atoms with van der Waals surface area (Å²) in [6, 6.07) is 5.39. The molecule has 1 aromatic rings. The first-order chi connectivity index (χ1) is 11.1. The van der Waals surface area contributed by atoms with Crippen LogP contribution in [-0.2, 0) is 14.3 Å². The average molecular weight is 323 g/mol. The van der Waals surface area contributed by atoms with Gasteiger partial charge in [-0.05, 0) is 50.5 Å². The van der Waals surface area contributed by atoms with E-state index in [0.29, 0.717) is 18.9 Å². The summed E-state index contributed by atoms with van der Waals surface area (Å²) in [5.74, 6) is -0.354. The van der Waals surface area contributed by atoms with Crippen LogP contribution in [0.4, 0.5) is 4.39 Å². The van der Waals surface area contributed by atoms with E-state index < -0.39 is 0 Å². The number of likely N-dealkylation sites (tertiary alicyclic amines) is 1. The zero-order valence-corrected chi connectivity index (χ0v) is 13.3. The summed E-state index contributed by atoms with van der Waals surface area (Å²) in [4.78, 5) is 25.7. The Labute approximate surface area is 135 Å².